The van der Waals surface area contributed by atoms with Crippen LogP contribution in [0.3, 0.4) is 0 Å². The van der Waals surface area contributed by atoms with Crippen molar-refractivity contribution < 1.29 is 8.42 Å². The molecule has 2 N–H and O–H groups in total. The van der Waals surface area contributed by atoms with E-state index in [1.165, 1.54) is 12.3 Å². The Labute approximate surface area is 122 Å². The molecule has 0 aliphatic heterocycles. The van der Waals surface area contributed by atoms with Crippen LogP contribution < -0.4 is 10.0 Å². The predicted octanol–water partition coefficient (Wildman–Crippen LogP) is 2.47. The smallest absolute Gasteiger partial charge is 0.240 e. The average molecular weight is 299 g/mol. The van der Waals surface area contributed by atoms with E-state index < -0.39 is 10.0 Å². The third kappa shape index (κ3) is 5.09. The minimum Gasteiger partial charge on any atom is -0.370 e. The van der Waals surface area contributed by atoms with Gasteiger partial charge in [0.1, 0.15) is 5.82 Å². The van der Waals surface area contributed by atoms with Gasteiger partial charge in [0.25, 0.3) is 0 Å². The van der Waals surface area contributed by atoms with E-state index in [1.807, 2.05) is 13.8 Å². The van der Waals surface area contributed by atoms with Crippen molar-refractivity contribution in [3.05, 3.63) is 18.3 Å². The van der Waals surface area contributed by atoms with Gasteiger partial charge in [-0.05, 0) is 24.3 Å². The van der Waals surface area contributed by atoms with Crippen molar-refractivity contribution in [2.24, 2.45) is 11.8 Å². The molecule has 0 saturated heterocycles. The van der Waals surface area contributed by atoms with Gasteiger partial charge in [-0.15, -0.1) is 0 Å². The molecule has 1 aromatic heterocycles. The number of nitrogens with one attached hydrogen (secondary N) is 2. The van der Waals surface area contributed by atoms with Crippen LogP contribution in [-0.4, -0.2) is 26.5 Å². The molecular formula is C14H25N3O2S. The standard InChI is InChI=1S/C14H25N3O2S/c1-5-7-15-14-9-13(6-8-16-14)20(18,19)17-10-12(4)11(2)3/h6,8-9,11-12,17H,5,7,10H2,1-4H3,(H,15,16). The first-order chi connectivity index (χ1) is 9.36. The molecule has 0 saturated carbocycles. The molecule has 5 nitrogen and oxygen atoms in total. The lowest BCUT2D eigenvalue weighted by atomic mass is 9.99. The Kier molecular flexibility index (Phi) is 6.42. The van der Waals surface area contributed by atoms with Crippen molar-refractivity contribution in [1.82, 2.24) is 9.71 Å². The molecule has 0 aliphatic rings. The van der Waals surface area contributed by atoms with Crippen molar-refractivity contribution in [2.75, 3.05) is 18.4 Å². The minimum atomic E-state index is -3.47. The second-order valence-electron chi connectivity index (χ2n) is 5.38. The normalized spacial score (nSPS) is 13.4. The maximum atomic E-state index is 12.2. The summed E-state index contributed by atoms with van der Waals surface area (Å²) in [7, 11) is -3.47. The van der Waals surface area contributed by atoms with Crippen LogP contribution in [0.15, 0.2) is 23.2 Å². The molecule has 1 atom stereocenters. The SMILES string of the molecule is CCCNc1cc(S(=O)(=O)NCC(C)C(C)C)ccn1. The molecule has 1 heterocycles. The van der Waals surface area contributed by atoms with Crippen molar-refractivity contribution in [1.29, 1.82) is 0 Å². The molecule has 0 aromatic carbocycles. The Morgan fingerprint density at radius 3 is 2.60 bits per heavy atom. The number of pyridine rings is 1. The Morgan fingerprint density at radius 2 is 2.00 bits per heavy atom. The van der Waals surface area contributed by atoms with Crippen LogP contribution >= 0.6 is 0 Å². The minimum absolute atomic E-state index is 0.252. The zero-order valence-electron chi connectivity index (χ0n) is 12.7. The van der Waals surface area contributed by atoms with E-state index in [2.05, 4.69) is 28.9 Å². The highest BCUT2D eigenvalue weighted by molar-refractivity contribution is 7.89. The lowest BCUT2D eigenvalue weighted by Gasteiger charge is -2.16. The first-order valence-electron chi connectivity index (χ1n) is 7.06. The molecule has 0 bridgehead atoms. The largest absolute Gasteiger partial charge is 0.370 e. The highest BCUT2D eigenvalue weighted by atomic mass is 32.2. The summed E-state index contributed by atoms with van der Waals surface area (Å²) in [6.45, 7) is 9.46. The molecule has 6 heteroatoms. The number of nitrogens with zero attached hydrogens (tertiary/aromatic N) is 1. The van der Waals surface area contributed by atoms with Crippen LogP contribution in [0.2, 0.25) is 0 Å². The second kappa shape index (κ2) is 7.59. The number of hydrogen-bond donors (Lipinski definition) is 2. The van der Waals surface area contributed by atoms with Crippen LogP contribution in [0, 0.1) is 11.8 Å². The van der Waals surface area contributed by atoms with Crippen LogP contribution in [0.4, 0.5) is 5.82 Å². The number of sulfonamides is 1. The van der Waals surface area contributed by atoms with Gasteiger partial charge in [0.05, 0.1) is 4.90 Å². The van der Waals surface area contributed by atoms with Crippen molar-refractivity contribution in [3.8, 4) is 0 Å². The summed E-state index contributed by atoms with van der Waals surface area (Å²) in [6, 6.07) is 3.08. The summed E-state index contributed by atoms with van der Waals surface area (Å²) >= 11 is 0. The fourth-order valence-electron chi connectivity index (χ4n) is 1.49. The van der Waals surface area contributed by atoms with E-state index in [0.29, 0.717) is 24.2 Å². The van der Waals surface area contributed by atoms with Crippen molar-refractivity contribution in [2.45, 2.75) is 39.0 Å². The maximum Gasteiger partial charge on any atom is 0.240 e. The molecule has 1 rings (SSSR count). The lowest BCUT2D eigenvalue weighted by Crippen LogP contribution is -2.30. The Balaban J connectivity index is 2.76. The number of rotatable bonds is 8. The summed E-state index contributed by atoms with van der Waals surface area (Å²) in [5.74, 6) is 1.33. The van der Waals surface area contributed by atoms with Crippen LogP contribution in [0.1, 0.15) is 34.1 Å². The fourth-order valence-corrected chi connectivity index (χ4v) is 2.64. The predicted molar refractivity (Wildman–Crippen MR) is 82.2 cm³/mol. The van der Waals surface area contributed by atoms with E-state index >= 15 is 0 Å². The Morgan fingerprint density at radius 1 is 1.30 bits per heavy atom. The summed E-state index contributed by atoms with van der Waals surface area (Å²) < 4.78 is 27.1. The zero-order valence-corrected chi connectivity index (χ0v) is 13.5. The first kappa shape index (κ1) is 16.9. The summed E-state index contributed by atoms with van der Waals surface area (Å²) in [5, 5.41) is 3.09. The third-order valence-corrected chi connectivity index (χ3v) is 4.75. The first-order valence-corrected chi connectivity index (χ1v) is 8.54. The number of hydrogen-bond acceptors (Lipinski definition) is 4. The van der Waals surface area contributed by atoms with Gasteiger partial charge in [-0.1, -0.05) is 27.7 Å². The van der Waals surface area contributed by atoms with E-state index in [1.54, 1.807) is 6.07 Å². The average Bonchev–Trinajstić information content (AvgIpc) is 2.42. The van der Waals surface area contributed by atoms with Crippen molar-refractivity contribution >= 4 is 15.8 Å². The van der Waals surface area contributed by atoms with Crippen LogP contribution in [0.5, 0.6) is 0 Å². The molecule has 0 radical (unpaired) electrons. The van der Waals surface area contributed by atoms with E-state index in [4.69, 9.17) is 0 Å². The van der Waals surface area contributed by atoms with Gasteiger partial charge in [-0.25, -0.2) is 18.1 Å². The summed E-state index contributed by atoms with van der Waals surface area (Å²) in [6.07, 6.45) is 2.47. The van der Waals surface area contributed by atoms with Crippen LogP contribution in [0.25, 0.3) is 0 Å². The molecule has 1 unspecified atom stereocenters. The monoisotopic (exact) mass is 299 g/mol. The van der Waals surface area contributed by atoms with Gasteiger partial charge >= 0.3 is 0 Å². The molecular weight excluding hydrogens is 274 g/mol. The zero-order chi connectivity index (χ0) is 15.2. The molecule has 20 heavy (non-hydrogen) atoms. The van der Waals surface area contributed by atoms with Gasteiger partial charge in [-0.3, -0.25) is 0 Å². The quantitative estimate of drug-likeness (QED) is 0.773. The topological polar surface area (TPSA) is 71.1 Å². The van der Waals surface area contributed by atoms with E-state index in [-0.39, 0.29) is 4.90 Å². The number of aromatic nitrogens is 1. The van der Waals surface area contributed by atoms with E-state index in [9.17, 15) is 8.42 Å². The third-order valence-electron chi connectivity index (χ3n) is 3.33. The molecule has 114 valence electrons. The number of anilines is 1. The fraction of sp³-hybridized carbons (Fsp3) is 0.643. The summed E-state index contributed by atoms with van der Waals surface area (Å²) in [5.41, 5.74) is 0. The second-order valence-corrected chi connectivity index (χ2v) is 7.14. The van der Waals surface area contributed by atoms with Gasteiger partial charge in [0.2, 0.25) is 10.0 Å². The highest BCUT2D eigenvalue weighted by Gasteiger charge is 2.17. The lowest BCUT2D eigenvalue weighted by molar-refractivity contribution is 0.414. The van der Waals surface area contributed by atoms with Gasteiger partial charge in [0, 0.05) is 25.4 Å². The van der Waals surface area contributed by atoms with Crippen molar-refractivity contribution in [3.63, 3.8) is 0 Å². The maximum absolute atomic E-state index is 12.2. The van der Waals surface area contributed by atoms with Gasteiger partial charge < -0.3 is 5.32 Å². The summed E-state index contributed by atoms with van der Waals surface area (Å²) in [4.78, 5) is 4.36. The van der Waals surface area contributed by atoms with E-state index in [0.717, 1.165) is 13.0 Å². The molecule has 0 amide bonds. The molecule has 1 aromatic rings. The van der Waals surface area contributed by atoms with Crippen LogP contribution in [-0.2, 0) is 10.0 Å². The van der Waals surface area contributed by atoms with Gasteiger partial charge in [-0.2, -0.15) is 0 Å². The highest BCUT2D eigenvalue weighted by Crippen LogP contribution is 2.14. The molecule has 0 aliphatic carbocycles. The Hall–Kier alpha value is -1.14. The molecule has 0 spiro atoms. The Bertz CT molecular complexity index is 515. The van der Waals surface area contributed by atoms with Gasteiger partial charge in [0.15, 0.2) is 0 Å². The molecule has 0 fully saturated rings.